The van der Waals surface area contributed by atoms with Crippen molar-refractivity contribution in [3.8, 4) is 0 Å². The van der Waals surface area contributed by atoms with Gasteiger partial charge in [0, 0.05) is 5.39 Å². The van der Waals surface area contributed by atoms with Crippen LogP contribution in [0.25, 0.3) is 11.0 Å². The average Bonchev–Trinajstić information content (AvgIpc) is 3.50. The molecule has 1 aliphatic heterocycles. The maximum Gasteiger partial charge on any atom is 0.265 e. The van der Waals surface area contributed by atoms with Crippen LogP contribution < -0.4 is 5.32 Å². The quantitative estimate of drug-likeness (QED) is 0.313. The summed E-state index contributed by atoms with van der Waals surface area (Å²) in [6, 6.07) is 20.6. The Labute approximate surface area is 205 Å². The predicted octanol–water partition coefficient (Wildman–Crippen LogP) is 7.69. The minimum Gasteiger partial charge on any atom is -0.457 e. The highest BCUT2D eigenvalue weighted by molar-refractivity contribution is 7.12. The third-order valence-electron chi connectivity index (χ3n) is 6.96. The first-order chi connectivity index (χ1) is 16.5. The van der Waals surface area contributed by atoms with Gasteiger partial charge in [0.25, 0.3) is 5.91 Å². The van der Waals surface area contributed by atoms with Gasteiger partial charge in [-0.3, -0.25) is 9.69 Å². The molecule has 0 unspecified atom stereocenters. The maximum atomic E-state index is 13.1. The van der Waals surface area contributed by atoms with Crippen LogP contribution >= 0.6 is 11.3 Å². The van der Waals surface area contributed by atoms with Crippen molar-refractivity contribution in [2.45, 2.75) is 45.6 Å². The van der Waals surface area contributed by atoms with Gasteiger partial charge in [-0.25, -0.2) is 0 Å². The molecule has 0 spiro atoms. The summed E-state index contributed by atoms with van der Waals surface area (Å²) in [5.41, 5.74) is 4.11. The fourth-order valence-corrected chi connectivity index (χ4v) is 5.47. The molecule has 5 heteroatoms. The monoisotopic (exact) mass is 472 g/mol. The lowest BCUT2D eigenvalue weighted by atomic mass is 9.92. The molecular weight excluding hydrogens is 440 g/mol. The number of hydrogen-bond acceptors (Lipinski definition) is 4. The van der Waals surface area contributed by atoms with E-state index in [0.717, 1.165) is 54.3 Å². The van der Waals surface area contributed by atoms with Crippen molar-refractivity contribution in [1.82, 2.24) is 4.90 Å². The van der Waals surface area contributed by atoms with Crippen LogP contribution in [0.2, 0.25) is 0 Å². The number of carbonyl (C=O) groups is 1. The second kappa shape index (κ2) is 9.77. The Hall–Kier alpha value is -2.89. The van der Waals surface area contributed by atoms with E-state index < -0.39 is 0 Å². The highest BCUT2D eigenvalue weighted by atomic mass is 32.1. The van der Waals surface area contributed by atoms with E-state index in [1.54, 1.807) is 0 Å². The molecule has 1 amide bonds. The Morgan fingerprint density at radius 2 is 1.71 bits per heavy atom. The van der Waals surface area contributed by atoms with E-state index in [1.807, 2.05) is 41.8 Å². The summed E-state index contributed by atoms with van der Waals surface area (Å²) in [4.78, 5) is 16.3. The zero-order valence-electron chi connectivity index (χ0n) is 20.1. The van der Waals surface area contributed by atoms with Gasteiger partial charge in [-0.2, -0.15) is 0 Å². The van der Waals surface area contributed by atoms with Crippen LogP contribution in [0.15, 0.2) is 70.5 Å². The first-order valence-corrected chi connectivity index (χ1v) is 13.1. The summed E-state index contributed by atoms with van der Waals surface area (Å²) in [6.45, 7) is 8.78. The van der Waals surface area contributed by atoms with Gasteiger partial charge in [0.15, 0.2) is 0 Å². The molecule has 3 heterocycles. The second-order valence-electron chi connectivity index (χ2n) is 9.71. The van der Waals surface area contributed by atoms with E-state index in [-0.39, 0.29) is 11.9 Å². The summed E-state index contributed by atoms with van der Waals surface area (Å²) in [6.07, 6.45) is 2.33. The summed E-state index contributed by atoms with van der Waals surface area (Å²) in [5.74, 6) is 1.94. The van der Waals surface area contributed by atoms with Gasteiger partial charge in [-0.1, -0.05) is 63.2 Å². The number of likely N-dealkylation sites (tertiary alicyclic amines) is 1. The third-order valence-corrected chi connectivity index (χ3v) is 7.83. The van der Waals surface area contributed by atoms with E-state index in [9.17, 15) is 4.79 Å². The molecule has 1 atom stereocenters. The molecule has 0 bridgehead atoms. The Morgan fingerprint density at radius 1 is 1.00 bits per heavy atom. The summed E-state index contributed by atoms with van der Waals surface area (Å²) in [7, 11) is 0. The standard InChI is InChI=1S/C29H32N2O2S/c1-19(2)21-10-12-22(13-11-21)27(31-16-14-20(3)15-17-31)28-26(23-7-4-5-8-24(23)33-28)30-29(32)25-9-6-18-34-25/h4-13,18-20,27H,14-17H2,1-3H3,(H,30,32)/t27-/m1/s1. The van der Waals surface area contributed by atoms with Gasteiger partial charge >= 0.3 is 0 Å². The van der Waals surface area contributed by atoms with E-state index in [2.05, 4.69) is 55.3 Å². The van der Waals surface area contributed by atoms with Crippen molar-refractivity contribution >= 4 is 33.9 Å². The summed E-state index contributed by atoms with van der Waals surface area (Å²) < 4.78 is 6.54. The molecule has 0 saturated carbocycles. The van der Waals surface area contributed by atoms with E-state index in [4.69, 9.17) is 4.42 Å². The van der Waals surface area contributed by atoms with Crippen molar-refractivity contribution in [2.24, 2.45) is 5.92 Å². The normalized spacial score (nSPS) is 16.2. The summed E-state index contributed by atoms with van der Waals surface area (Å²) in [5, 5.41) is 6.08. The zero-order valence-corrected chi connectivity index (χ0v) is 20.9. The molecule has 4 aromatic rings. The number of carbonyl (C=O) groups excluding carboxylic acids is 1. The fraction of sp³-hybridized carbons (Fsp3) is 0.345. The van der Waals surface area contributed by atoms with Crippen LogP contribution in [0.5, 0.6) is 0 Å². The highest BCUT2D eigenvalue weighted by Crippen LogP contribution is 2.42. The number of thiophene rings is 1. The minimum absolute atomic E-state index is 0.0558. The highest BCUT2D eigenvalue weighted by Gasteiger charge is 2.32. The van der Waals surface area contributed by atoms with Crippen molar-refractivity contribution in [2.75, 3.05) is 18.4 Å². The average molecular weight is 473 g/mol. The molecule has 0 radical (unpaired) electrons. The summed E-state index contributed by atoms with van der Waals surface area (Å²) >= 11 is 1.45. The molecule has 5 rings (SSSR count). The third kappa shape index (κ3) is 4.55. The van der Waals surface area contributed by atoms with Gasteiger partial charge in [0.1, 0.15) is 11.3 Å². The number of piperidine rings is 1. The Balaban J connectivity index is 1.62. The van der Waals surface area contributed by atoms with Gasteiger partial charge < -0.3 is 9.73 Å². The number of benzene rings is 2. The molecule has 2 aromatic carbocycles. The Kier molecular flexibility index (Phi) is 6.57. The molecule has 1 fully saturated rings. The van der Waals surface area contributed by atoms with Gasteiger partial charge in [-0.15, -0.1) is 11.3 Å². The van der Waals surface area contributed by atoms with E-state index in [0.29, 0.717) is 10.8 Å². The topological polar surface area (TPSA) is 45.5 Å². The number of fused-ring (bicyclic) bond motifs is 1. The van der Waals surface area contributed by atoms with Crippen LogP contribution in [0.1, 0.15) is 72.1 Å². The number of para-hydroxylation sites is 1. The minimum atomic E-state index is -0.0935. The molecule has 4 nitrogen and oxygen atoms in total. The van der Waals surface area contributed by atoms with Crippen molar-refractivity contribution in [3.63, 3.8) is 0 Å². The SMILES string of the molecule is CC1CCN([C@H](c2ccc(C(C)C)cc2)c2oc3ccccc3c2NC(=O)c2cccs2)CC1. The number of hydrogen-bond donors (Lipinski definition) is 1. The smallest absolute Gasteiger partial charge is 0.265 e. The lowest BCUT2D eigenvalue weighted by Crippen LogP contribution is -2.37. The lowest BCUT2D eigenvalue weighted by molar-refractivity contribution is 0.102. The van der Waals surface area contributed by atoms with E-state index >= 15 is 0 Å². The second-order valence-corrected chi connectivity index (χ2v) is 10.7. The molecule has 2 aromatic heterocycles. The molecule has 0 aliphatic carbocycles. The molecule has 1 N–H and O–H groups in total. The number of furan rings is 1. The van der Waals surface area contributed by atoms with Gasteiger partial charge in [-0.05, 0) is 72.5 Å². The van der Waals surface area contributed by atoms with Crippen LogP contribution in [0, 0.1) is 5.92 Å². The fourth-order valence-electron chi connectivity index (χ4n) is 4.85. The molecule has 1 aliphatic rings. The van der Waals surface area contributed by atoms with Crippen LogP contribution in [0.4, 0.5) is 5.69 Å². The first kappa shape index (κ1) is 22.9. The lowest BCUT2D eigenvalue weighted by Gasteiger charge is -2.36. The maximum absolute atomic E-state index is 13.1. The predicted molar refractivity (Wildman–Crippen MR) is 141 cm³/mol. The zero-order chi connectivity index (χ0) is 23.7. The van der Waals surface area contributed by atoms with Gasteiger partial charge in [0.2, 0.25) is 0 Å². The molecule has 1 saturated heterocycles. The first-order valence-electron chi connectivity index (χ1n) is 12.2. The number of nitrogens with one attached hydrogen (secondary N) is 1. The largest absolute Gasteiger partial charge is 0.457 e. The van der Waals surface area contributed by atoms with Crippen molar-refractivity contribution in [1.29, 1.82) is 0 Å². The van der Waals surface area contributed by atoms with Crippen LogP contribution in [0.3, 0.4) is 0 Å². The van der Waals surface area contributed by atoms with Crippen molar-refractivity contribution < 1.29 is 9.21 Å². The molecule has 176 valence electrons. The number of nitrogens with zero attached hydrogens (tertiary/aromatic N) is 1. The Morgan fingerprint density at radius 3 is 2.38 bits per heavy atom. The molecule has 34 heavy (non-hydrogen) atoms. The number of amides is 1. The van der Waals surface area contributed by atoms with Gasteiger partial charge in [0.05, 0.1) is 16.6 Å². The number of rotatable bonds is 6. The Bertz CT molecular complexity index is 1250. The molecular formula is C29H32N2O2S. The van der Waals surface area contributed by atoms with E-state index in [1.165, 1.54) is 22.5 Å². The van der Waals surface area contributed by atoms with Crippen LogP contribution in [-0.2, 0) is 0 Å². The van der Waals surface area contributed by atoms with Crippen LogP contribution in [-0.4, -0.2) is 23.9 Å². The van der Waals surface area contributed by atoms with Crippen molar-refractivity contribution in [3.05, 3.63) is 87.8 Å². The number of anilines is 1.